The maximum absolute atomic E-state index is 12.7. The second-order valence-electron chi connectivity index (χ2n) is 7.43. The number of benzene rings is 1. The fourth-order valence-electron chi connectivity index (χ4n) is 4.25. The lowest BCUT2D eigenvalue weighted by Crippen LogP contribution is -2.63. The molecule has 1 aromatic rings. The van der Waals surface area contributed by atoms with Gasteiger partial charge in [-0.15, -0.1) is 0 Å². The van der Waals surface area contributed by atoms with E-state index >= 15 is 0 Å². The summed E-state index contributed by atoms with van der Waals surface area (Å²) in [5.41, 5.74) is 7.48. The molecule has 0 atom stereocenters. The molecule has 0 saturated carbocycles. The van der Waals surface area contributed by atoms with E-state index in [0.717, 1.165) is 37.1 Å². The first-order chi connectivity index (χ1) is 12.0. The van der Waals surface area contributed by atoms with Crippen LogP contribution in [0.1, 0.15) is 43.2 Å². The summed E-state index contributed by atoms with van der Waals surface area (Å²) in [5.74, 6) is -0.0774. The molecule has 2 aliphatic rings. The second-order valence-corrected chi connectivity index (χ2v) is 7.43. The van der Waals surface area contributed by atoms with Crippen LogP contribution in [-0.4, -0.2) is 53.3 Å². The number of carbonyl (C=O) groups excluding carboxylic acids is 2. The van der Waals surface area contributed by atoms with Gasteiger partial charge >= 0.3 is 0 Å². The molecular weight excluding hydrogens is 314 g/mol. The number of carbonyl (C=O) groups is 2. The first kappa shape index (κ1) is 17.9. The van der Waals surface area contributed by atoms with Crippen LogP contribution in [0.5, 0.6) is 0 Å². The topological polar surface area (TPSA) is 66.6 Å². The molecule has 136 valence electrons. The predicted octanol–water partition coefficient (Wildman–Crippen LogP) is 1.87. The molecule has 0 spiro atoms. The standard InChI is InChI=1S/C20H29N3O2/c1-16-7-3-4-8-17(16)15-18(24)22-13-9-20(10-14-22,19(21)25)23-11-5-2-6-12-23/h3-4,7-8H,2,5-6,9-15H2,1H3,(H2,21,25). The molecule has 0 bridgehead atoms. The van der Waals surface area contributed by atoms with Gasteiger partial charge in [-0.05, 0) is 56.8 Å². The van der Waals surface area contributed by atoms with Crippen LogP contribution in [-0.2, 0) is 16.0 Å². The van der Waals surface area contributed by atoms with Gasteiger partial charge in [-0.2, -0.15) is 0 Å². The van der Waals surface area contributed by atoms with Gasteiger partial charge < -0.3 is 10.6 Å². The SMILES string of the molecule is Cc1ccccc1CC(=O)N1CCC(C(N)=O)(N2CCCCC2)CC1. The summed E-state index contributed by atoms with van der Waals surface area (Å²) < 4.78 is 0. The Morgan fingerprint density at radius 2 is 1.68 bits per heavy atom. The Labute approximate surface area is 150 Å². The fraction of sp³-hybridized carbons (Fsp3) is 0.600. The van der Waals surface area contributed by atoms with Gasteiger partial charge in [0, 0.05) is 13.1 Å². The van der Waals surface area contributed by atoms with Gasteiger partial charge in [-0.1, -0.05) is 30.7 Å². The number of nitrogens with zero attached hydrogens (tertiary/aromatic N) is 2. The van der Waals surface area contributed by atoms with E-state index in [1.165, 1.54) is 6.42 Å². The van der Waals surface area contributed by atoms with Crippen LogP contribution >= 0.6 is 0 Å². The normalized spacial score (nSPS) is 21.1. The molecule has 3 rings (SSSR count). The number of hydrogen-bond acceptors (Lipinski definition) is 3. The van der Waals surface area contributed by atoms with Gasteiger partial charge in [0.2, 0.25) is 11.8 Å². The number of piperidine rings is 2. The van der Waals surface area contributed by atoms with Gasteiger partial charge in [0.05, 0.1) is 6.42 Å². The van der Waals surface area contributed by atoms with E-state index in [1.807, 2.05) is 36.1 Å². The molecule has 2 saturated heterocycles. The first-order valence-corrected chi connectivity index (χ1v) is 9.40. The van der Waals surface area contributed by atoms with Crippen molar-refractivity contribution in [3.63, 3.8) is 0 Å². The molecule has 0 unspecified atom stereocenters. The maximum atomic E-state index is 12.7. The molecular formula is C20H29N3O2. The Morgan fingerprint density at radius 3 is 2.28 bits per heavy atom. The molecule has 2 aliphatic heterocycles. The van der Waals surface area contributed by atoms with Crippen molar-refractivity contribution < 1.29 is 9.59 Å². The molecule has 25 heavy (non-hydrogen) atoms. The quantitative estimate of drug-likeness (QED) is 0.907. The van der Waals surface area contributed by atoms with Crippen molar-refractivity contribution in [1.29, 1.82) is 0 Å². The molecule has 0 aromatic heterocycles. The third kappa shape index (κ3) is 3.71. The summed E-state index contributed by atoms with van der Waals surface area (Å²) in [7, 11) is 0. The van der Waals surface area contributed by atoms with Gasteiger partial charge in [0.25, 0.3) is 0 Å². The Bertz CT molecular complexity index is 630. The highest BCUT2D eigenvalue weighted by atomic mass is 16.2. The second kappa shape index (κ2) is 7.56. The van der Waals surface area contributed by atoms with Gasteiger partial charge in [0.15, 0.2) is 0 Å². The van der Waals surface area contributed by atoms with Crippen molar-refractivity contribution in [2.75, 3.05) is 26.2 Å². The van der Waals surface area contributed by atoms with Crippen molar-refractivity contribution in [3.05, 3.63) is 35.4 Å². The maximum Gasteiger partial charge on any atom is 0.238 e. The van der Waals surface area contributed by atoms with Crippen LogP contribution in [0.15, 0.2) is 24.3 Å². The molecule has 1 aromatic carbocycles. The molecule has 2 amide bonds. The Morgan fingerprint density at radius 1 is 1.04 bits per heavy atom. The van der Waals surface area contributed by atoms with Crippen LogP contribution in [0.2, 0.25) is 0 Å². The largest absolute Gasteiger partial charge is 0.368 e. The van der Waals surface area contributed by atoms with E-state index in [2.05, 4.69) is 4.90 Å². The lowest BCUT2D eigenvalue weighted by atomic mass is 9.83. The first-order valence-electron chi connectivity index (χ1n) is 9.40. The smallest absolute Gasteiger partial charge is 0.238 e. The highest BCUT2D eigenvalue weighted by Gasteiger charge is 2.45. The summed E-state index contributed by atoms with van der Waals surface area (Å²) in [6.07, 6.45) is 5.23. The number of hydrogen-bond donors (Lipinski definition) is 1. The Kier molecular flexibility index (Phi) is 5.42. The average Bonchev–Trinajstić information content (AvgIpc) is 2.64. The minimum atomic E-state index is -0.556. The fourth-order valence-corrected chi connectivity index (χ4v) is 4.25. The highest BCUT2D eigenvalue weighted by Crippen LogP contribution is 2.31. The monoisotopic (exact) mass is 343 g/mol. The zero-order valence-corrected chi connectivity index (χ0v) is 15.2. The number of rotatable bonds is 4. The molecule has 2 N–H and O–H groups in total. The summed E-state index contributed by atoms with van der Waals surface area (Å²) in [6.45, 7) is 5.15. The van der Waals surface area contributed by atoms with Crippen molar-refractivity contribution in [3.8, 4) is 0 Å². The van der Waals surface area contributed by atoms with Crippen molar-refractivity contribution in [2.24, 2.45) is 5.73 Å². The van der Waals surface area contributed by atoms with E-state index in [-0.39, 0.29) is 11.8 Å². The number of amides is 2. The minimum Gasteiger partial charge on any atom is -0.368 e. The van der Waals surface area contributed by atoms with Crippen LogP contribution in [0.25, 0.3) is 0 Å². The van der Waals surface area contributed by atoms with Crippen molar-refractivity contribution >= 4 is 11.8 Å². The zero-order chi connectivity index (χ0) is 17.9. The lowest BCUT2D eigenvalue weighted by molar-refractivity contribution is -0.141. The van der Waals surface area contributed by atoms with E-state index in [1.54, 1.807) is 0 Å². The Balaban J connectivity index is 1.64. The molecule has 5 nitrogen and oxygen atoms in total. The number of primary amides is 1. The zero-order valence-electron chi connectivity index (χ0n) is 15.2. The third-order valence-electron chi connectivity index (χ3n) is 5.97. The van der Waals surface area contributed by atoms with Crippen molar-refractivity contribution in [1.82, 2.24) is 9.80 Å². The van der Waals surface area contributed by atoms with Gasteiger partial charge in [0.1, 0.15) is 5.54 Å². The van der Waals surface area contributed by atoms with E-state index in [9.17, 15) is 9.59 Å². The van der Waals surface area contributed by atoms with Crippen LogP contribution < -0.4 is 5.73 Å². The van der Waals surface area contributed by atoms with Gasteiger partial charge in [-0.25, -0.2) is 0 Å². The summed E-state index contributed by atoms with van der Waals surface area (Å²) >= 11 is 0. The average molecular weight is 343 g/mol. The lowest BCUT2D eigenvalue weighted by Gasteiger charge is -2.48. The molecule has 0 radical (unpaired) electrons. The summed E-state index contributed by atoms with van der Waals surface area (Å²) in [6, 6.07) is 8.01. The van der Waals surface area contributed by atoms with Crippen LogP contribution in [0.4, 0.5) is 0 Å². The number of aryl methyl sites for hydroxylation is 1. The Hall–Kier alpha value is -1.88. The van der Waals surface area contributed by atoms with Crippen molar-refractivity contribution in [2.45, 2.75) is 51.0 Å². The number of nitrogens with two attached hydrogens (primary N) is 1. The molecule has 2 fully saturated rings. The summed E-state index contributed by atoms with van der Waals surface area (Å²) in [5, 5.41) is 0. The molecule has 2 heterocycles. The third-order valence-corrected chi connectivity index (χ3v) is 5.97. The van der Waals surface area contributed by atoms with Crippen LogP contribution in [0.3, 0.4) is 0 Å². The highest BCUT2D eigenvalue weighted by molar-refractivity contribution is 5.86. The predicted molar refractivity (Wildman–Crippen MR) is 98.0 cm³/mol. The van der Waals surface area contributed by atoms with E-state index < -0.39 is 5.54 Å². The molecule has 0 aliphatic carbocycles. The van der Waals surface area contributed by atoms with E-state index in [0.29, 0.717) is 32.4 Å². The van der Waals surface area contributed by atoms with Gasteiger partial charge in [-0.3, -0.25) is 14.5 Å². The van der Waals surface area contributed by atoms with Crippen LogP contribution in [0, 0.1) is 6.92 Å². The molecule has 5 heteroatoms. The van der Waals surface area contributed by atoms with E-state index in [4.69, 9.17) is 5.73 Å². The number of likely N-dealkylation sites (tertiary alicyclic amines) is 2. The minimum absolute atomic E-state index is 0.144. The summed E-state index contributed by atoms with van der Waals surface area (Å²) in [4.78, 5) is 29.1.